The highest BCUT2D eigenvalue weighted by Crippen LogP contribution is 2.21. The Kier molecular flexibility index (Phi) is 6.36. The topological polar surface area (TPSA) is 60.3 Å². The number of carbonyl (C=O) groups excluding carboxylic acids is 1. The van der Waals surface area contributed by atoms with E-state index in [4.69, 9.17) is 4.74 Å². The lowest BCUT2D eigenvalue weighted by molar-refractivity contribution is -0.116. The van der Waals surface area contributed by atoms with Crippen molar-refractivity contribution >= 4 is 22.5 Å². The molecule has 0 atom stereocenters. The molecule has 0 saturated heterocycles. The fraction of sp³-hybridized carbons (Fsp3) is 0.185. The monoisotopic (exact) mass is 426 g/mol. The van der Waals surface area contributed by atoms with Gasteiger partial charge in [-0.1, -0.05) is 48.0 Å². The number of benzene rings is 3. The van der Waals surface area contributed by atoms with E-state index in [0.29, 0.717) is 28.9 Å². The number of methoxy groups -OCH3 is 1. The number of amides is 1. The van der Waals surface area contributed by atoms with Crippen LogP contribution in [0.15, 0.2) is 83.7 Å². The summed E-state index contributed by atoms with van der Waals surface area (Å²) in [7, 11) is 1.58. The first-order chi connectivity index (χ1) is 15.5. The number of ether oxygens (including phenoxy) is 1. The van der Waals surface area contributed by atoms with Crippen LogP contribution in [0.2, 0.25) is 0 Å². The number of rotatable bonds is 7. The highest BCUT2D eigenvalue weighted by Gasteiger charge is 2.14. The number of aryl methyl sites for hydroxylation is 3. The van der Waals surface area contributed by atoms with Crippen LogP contribution in [0.3, 0.4) is 0 Å². The van der Waals surface area contributed by atoms with Gasteiger partial charge in [-0.3, -0.25) is 14.2 Å². The van der Waals surface area contributed by atoms with Crippen LogP contribution >= 0.6 is 0 Å². The molecule has 5 heteroatoms. The molecule has 0 aliphatic heterocycles. The van der Waals surface area contributed by atoms with Gasteiger partial charge in [-0.15, -0.1) is 0 Å². The third-order valence-corrected chi connectivity index (χ3v) is 5.54. The van der Waals surface area contributed by atoms with Crippen LogP contribution in [-0.4, -0.2) is 17.6 Å². The first-order valence-corrected chi connectivity index (χ1v) is 10.6. The van der Waals surface area contributed by atoms with Crippen molar-refractivity contribution < 1.29 is 9.53 Å². The van der Waals surface area contributed by atoms with E-state index < -0.39 is 0 Å². The quantitative estimate of drug-likeness (QED) is 0.464. The molecule has 1 aromatic heterocycles. The van der Waals surface area contributed by atoms with Crippen LogP contribution < -0.4 is 15.6 Å². The molecule has 1 amide bonds. The Bertz CT molecular complexity index is 1290. The third kappa shape index (κ3) is 4.89. The molecule has 3 aromatic carbocycles. The van der Waals surface area contributed by atoms with Gasteiger partial charge in [0, 0.05) is 17.3 Å². The summed E-state index contributed by atoms with van der Waals surface area (Å²) >= 11 is 0. The normalized spacial score (nSPS) is 10.8. The van der Waals surface area contributed by atoms with E-state index in [0.717, 1.165) is 11.8 Å². The van der Waals surface area contributed by atoms with E-state index in [2.05, 4.69) is 36.5 Å². The molecular formula is C27H26N2O3. The van der Waals surface area contributed by atoms with Gasteiger partial charge in [0.1, 0.15) is 12.3 Å². The predicted octanol–water partition coefficient (Wildman–Crippen LogP) is 4.74. The van der Waals surface area contributed by atoms with E-state index in [1.165, 1.54) is 11.1 Å². The molecule has 0 bridgehead atoms. The number of hydrogen-bond donors (Lipinski definition) is 1. The molecule has 0 saturated carbocycles. The first kappa shape index (κ1) is 21.4. The van der Waals surface area contributed by atoms with Crippen molar-refractivity contribution in [3.63, 3.8) is 0 Å². The lowest BCUT2D eigenvalue weighted by atomic mass is 10.0. The van der Waals surface area contributed by atoms with E-state index in [9.17, 15) is 9.59 Å². The fourth-order valence-corrected chi connectivity index (χ4v) is 3.77. The largest absolute Gasteiger partial charge is 0.497 e. The molecule has 0 spiro atoms. The molecule has 32 heavy (non-hydrogen) atoms. The molecule has 4 aromatic rings. The van der Waals surface area contributed by atoms with Gasteiger partial charge in [0.2, 0.25) is 5.91 Å². The summed E-state index contributed by atoms with van der Waals surface area (Å²) in [5.41, 5.74) is 4.30. The number of anilines is 1. The van der Waals surface area contributed by atoms with Gasteiger partial charge in [-0.25, -0.2) is 0 Å². The Morgan fingerprint density at radius 3 is 2.41 bits per heavy atom. The van der Waals surface area contributed by atoms with Gasteiger partial charge >= 0.3 is 0 Å². The summed E-state index contributed by atoms with van der Waals surface area (Å²) in [4.78, 5) is 26.1. The van der Waals surface area contributed by atoms with Crippen molar-refractivity contribution in [2.24, 2.45) is 0 Å². The Morgan fingerprint density at radius 2 is 1.69 bits per heavy atom. The summed E-state index contributed by atoms with van der Waals surface area (Å²) in [5, 5.41) is 3.76. The minimum absolute atomic E-state index is 0.0736. The van der Waals surface area contributed by atoms with Crippen molar-refractivity contribution in [1.82, 2.24) is 4.57 Å². The van der Waals surface area contributed by atoms with Crippen LogP contribution in [0.1, 0.15) is 16.7 Å². The summed E-state index contributed by atoms with van der Waals surface area (Å²) in [6.07, 6.45) is 1.36. The van der Waals surface area contributed by atoms with Crippen LogP contribution in [0.25, 0.3) is 10.9 Å². The van der Waals surface area contributed by atoms with Crippen molar-refractivity contribution in [1.29, 1.82) is 0 Å². The maximum Gasteiger partial charge on any atom is 0.254 e. The van der Waals surface area contributed by atoms with E-state index in [1.54, 1.807) is 17.7 Å². The number of aromatic nitrogens is 1. The number of carbonyl (C=O) groups is 1. The molecule has 1 heterocycles. The molecule has 5 nitrogen and oxygen atoms in total. The Labute approximate surface area is 187 Å². The summed E-state index contributed by atoms with van der Waals surface area (Å²) in [6.45, 7) is 1.98. The number of para-hydroxylation sites is 1. The van der Waals surface area contributed by atoms with Gasteiger partial charge in [-0.2, -0.15) is 0 Å². The van der Waals surface area contributed by atoms with Crippen LogP contribution in [0.4, 0.5) is 5.69 Å². The van der Waals surface area contributed by atoms with Gasteiger partial charge in [0.15, 0.2) is 0 Å². The number of hydrogen-bond acceptors (Lipinski definition) is 3. The smallest absolute Gasteiger partial charge is 0.254 e. The second-order valence-corrected chi connectivity index (χ2v) is 7.89. The van der Waals surface area contributed by atoms with Crippen molar-refractivity contribution in [3.8, 4) is 5.75 Å². The van der Waals surface area contributed by atoms with E-state index in [-0.39, 0.29) is 18.0 Å². The maximum atomic E-state index is 13.4. The van der Waals surface area contributed by atoms with Crippen molar-refractivity contribution in [2.45, 2.75) is 26.3 Å². The van der Waals surface area contributed by atoms with Crippen LogP contribution in [0.5, 0.6) is 5.75 Å². The number of nitrogens with one attached hydrogen (secondary N) is 1. The SMILES string of the molecule is COc1ccc2cc(CCc3ccc(C)cc3)c(=O)n(CC(=O)Nc3ccccc3)c2c1. The van der Waals surface area contributed by atoms with E-state index >= 15 is 0 Å². The summed E-state index contributed by atoms with van der Waals surface area (Å²) in [6, 6.07) is 25.1. The molecule has 162 valence electrons. The minimum Gasteiger partial charge on any atom is -0.497 e. The maximum absolute atomic E-state index is 13.4. The highest BCUT2D eigenvalue weighted by molar-refractivity contribution is 5.92. The molecule has 1 N–H and O–H groups in total. The molecular weight excluding hydrogens is 400 g/mol. The molecule has 0 radical (unpaired) electrons. The molecule has 0 fully saturated rings. The number of fused-ring (bicyclic) bond motifs is 1. The first-order valence-electron chi connectivity index (χ1n) is 10.6. The summed E-state index contributed by atoms with van der Waals surface area (Å²) in [5.74, 6) is 0.389. The zero-order chi connectivity index (χ0) is 22.5. The average Bonchev–Trinajstić information content (AvgIpc) is 2.81. The predicted molar refractivity (Wildman–Crippen MR) is 128 cm³/mol. The Balaban J connectivity index is 1.67. The lowest BCUT2D eigenvalue weighted by Gasteiger charge is -2.14. The second-order valence-electron chi connectivity index (χ2n) is 7.89. The van der Waals surface area contributed by atoms with Gasteiger partial charge in [0.25, 0.3) is 5.56 Å². The number of nitrogens with zero attached hydrogens (tertiary/aromatic N) is 1. The molecule has 0 unspecified atom stereocenters. The van der Waals surface area contributed by atoms with Gasteiger partial charge < -0.3 is 10.1 Å². The van der Waals surface area contributed by atoms with Gasteiger partial charge in [-0.05, 0) is 61.0 Å². The minimum atomic E-state index is -0.252. The van der Waals surface area contributed by atoms with Crippen LogP contribution in [-0.2, 0) is 24.2 Å². The zero-order valence-corrected chi connectivity index (χ0v) is 18.3. The Hall–Kier alpha value is -3.86. The highest BCUT2D eigenvalue weighted by atomic mass is 16.5. The molecule has 0 aliphatic carbocycles. The second kappa shape index (κ2) is 9.52. The van der Waals surface area contributed by atoms with Gasteiger partial charge in [0.05, 0.1) is 12.6 Å². The summed E-state index contributed by atoms with van der Waals surface area (Å²) < 4.78 is 6.89. The molecule has 0 aliphatic rings. The van der Waals surface area contributed by atoms with Crippen molar-refractivity contribution in [3.05, 3.63) is 106 Å². The average molecular weight is 427 g/mol. The molecule has 4 rings (SSSR count). The standard InChI is InChI=1S/C27H26N2O3/c1-19-8-10-20(11-9-19)12-13-22-16-21-14-15-24(32-2)17-25(21)29(27(22)31)18-26(30)28-23-6-4-3-5-7-23/h3-11,14-17H,12-13,18H2,1-2H3,(H,28,30). The van der Waals surface area contributed by atoms with Crippen LogP contribution in [0, 0.1) is 6.92 Å². The van der Waals surface area contributed by atoms with E-state index in [1.807, 2.05) is 48.5 Å². The fourth-order valence-electron chi connectivity index (χ4n) is 3.77. The third-order valence-electron chi connectivity index (χ3n) is 5.54. The number of pyridine rings is 1. The lowest BCUT2D eigenvalue weighted by Crippen LogP contribution is -2.30. The Morgan fingerprint density at radius 1 is 0.938 bits per heavy atom. The van der Waals surface area contributed by atoms with Crippen molar-refractivity contribution in [2.75, 3.05) is 12.4 Å². The zero-order valence-electron chi connectivity index (χ0n) is 18.3.